The van der Waals surface area contributed by atoms with Crippen LogP contribution in [0.5, 0.6) is 11.6 Å². The van der Waals surface area contributed by atoms with E-state index in [0.29, 0.717) is 27.8 Å². The Morgan fingerprint density at radius 1 is 1.13 bits per heavy atom. The first kappa shape index (κ1) is 22.5. The molecule has 3 aromatic rings. The Bertz CT molecular complexity index is 1070. The third-order valence-electron chi connectivity index (χ3n) is 4.05. The molecule has 0 spiro atoms. The smallest absolute Gasteiger partial charge is 0.313 e. The van der Waals surface area contributed by atoms with E-state index < -0.39 is 5.97 Å². The number of aliphatic carboxylic acids is 1. The minimum absolute atomic E-state index is 0.00757. The Labute approximate surface area is 187 Å². The van der Waals surface area contributed by atoms with E-state index in [2.05, 4.69) is 10.3 Å². The van der Waals surface area contributed by atoms with Gasteiger partial charge in [0.15, 0.2) is 5.78 Å². The summed E-state index contributed by atoms with van der Waals surface area (Å²) in [5, 5.41) is 11.9. The van der Waals surface area contributed by atoms with Crippen molar-refractivity contribution in [1.29, 1.82) is 0 Å². The summed E-state index contributed by atoms with van der Waals surface area (Å²) < 4.78 is 5.65. The number of carbonyl (C=O) groups excluding carboxylic acids is 2. The molecule has 0 aliphatic heterocycles. The van der Waals surface area contributed by atoms with E-state index >= 15 is 0 Å². The maximum absolute atomic E-state index is 13.0. The molecule has 7 nitrogen and oxygen atoms in total. The normalized spacial score (nSPS) is 10.5. The summed E-state index contributed by atoms with van der Waals surface area (Å²) >= 11 is 2.33. The lowest BCUT2D eigenvalue weighted by atomic mass is 10.1. The number of aryl methyl sites for hydroxylation is 1. The van der Waals surface area contributed by atoms with Crippen molar-refractivity contribution in [3.05, 3.63) is 70.7 Å². The third-order valence-corrected chi connectivity index (χ3v) is 6.16. The molecule has 0 saturated heterocycles. The number of thiophene rings is 1. The molecule has 0 bridgehead atoms. The third kappa shape index (κ3) is 6.40. The van der Waals surface area contributed by atoms with E-state index in [0.717, 1.165) is 23.1 Å². The number of carboxylic acid groups (broad SMARTS) is 1. The molecule has 0 fully saturated rings. The van der Waals surface area contributed by atoms with Crippen LogP contribution in [0.25, 0.3) is 0 Å². The van der Waals surface area contributed by atoms with Crippen LogP contribution in [-0.2, 0) is 16.0 Å². The predicted molar refractivity (Wildman–Crippen MR) is 121 cm³/mol. The van der Waals surface area contributed by atoms with Crippen LogP contribution in [-0.4, -0.2) is 39.3 Å². The highest BCUT2D eigenvalue weighted by molar-refractivity contribution is 8.00. The van der Waals surface area contributed by atoms with Gasteiger partial charge in [0.25, 0.3) is 0 Å². The summed E-state index contributed by atoms with van der Waals surface area (Å²) in [5.41, 5.74) is 0.758. The summed E-state index contributed by atoms with van der Waals surface area (Å²) in [6, 6.07) is 14.2. The Hall–Kier alpha value is -3.17. The molecule has 0 saturated carbocycles. The quantitative estimate of drug-likeness (QED) is 0.433. The van der Waals surface area contributed by atoms with Gasteiger partial charge in [-0.25, -0.2) is 4.98 Å². The fourth-order valence-electron chi connectivity index (χ4n) is 2.61. The highest BCUT2D eigenvalue weighted by Gasteiger charge is 2.20. The van der Waals surface area contributed by atoms with Gasteiger partial charge in [0.2, 0.25) is 11.8 Å². The van der Waals surface area contributed by atoms with Crippen molar-refractivity contribution in [2.75, 3.05) is 16.8 Å². The lowest BCUT2D eigenvalue weighted by Gasteiger charge is -2.07. The zero-order valence-corrected chi connectivity index (χ0v) is 18.3. The summed E-state index contributed by atoms with van der Waals surface area (Å²) in [6.07, 6.45) is 2.16. The van der Waals surface area contributed by atoms with E-state index in [1.54, 1.807) is 18.2 Å². The van der Waals surface area contributed by atoms with Crippen molar-refractivity contribution in [1.82, 2.24) is 4.98 Å². The van der Waals surface area contributed by atoms with Crippen LogP contribution in [0.1, 0.15) is 27.7 Å². The number of ether oxygens (including phenoxy) is 1. The molecular formula is C22H20N2O5S2. The fraction of sp³-hybridized carbons (Fsp3) is 0.182. The molecule has 31 heavy (non-hydrogen) atoms. The number of nitrogens with one attached hydrogen (secondary N) is 1. The Balaban J connectivity index is 1.72. The van der Waals surface area contributed by atoms with Crippen molar-refractivity contribution in [3.8, 4) is 11.6 Å². The van der Waals surface area contributed by atoms with Gasteiger partial charge in [-0.05, 0) is 30.7 Å². The van der Waals surface area contributed by atoms with E-state index in [1.165, 1.54) is 17.5 Å². The number of para-hydroxylation sites is 1. The minimum atomic E-state index is -0.981. The second-order valence-electron chi connectivity index (χ2n) is 6.37. The van der Waals surface area contributed by atoms with Gasteiger partial charge in [-0.1, -0.05) is 25.1 Å². The second-order valence-corrected chi connectivity index (χ2v) is 8.50. The maximum Gasteiger partial charge on any atom is 0.313 e. The number of ketones is 1. The zero-order chi connectivity index (χ0) is 22.2. The van der Waals surface area contributed by atoms with Crippen molar-refractivity contribution in [2.24, 2.45) is 0 Å². The predicted octanol–water partition coefficient (Wildman–Crippen LogP) is 4.49. The lowest BCUT2D eigenvalue weighted by Crippen LogP contribution is -2.16. The first-order chi connectivity index (χ1) is 15.0. The Kier molecular flexibility index (Phi) is 7.80. The molecule has 2 aromatic heterocycles. The van der Waals surface area contributed by atoms with Crippen LogP contribution < -0.4 is 10.1 Å². The Morgan fingerprint density at radius 3 is 2.55 bits per heavy atom. The number of hydrogen-bond donors (Lipinski definition) is 2. The number of carboxylic acids is 1. The van der Waals surface area contributed by atoms with E-state index in [4.69, 9.17) is 9.84 Å². The average Bonchev–Trinajstić information content (AvgIpc) is 3.17. The maximum atomic E-state index is 13.0. The molecule has 1 amide bonds. The van der Waals surface area contributed by atoms with Gasteiger partial charge in [-0.15, -0.1) is 23.1 Å². The number of thioether (sulfide) groups is 1. The van der Waals surface area contributed by atoms with E-state index in [-0.39, 0.29) is 23.2 Å². The molecule has 2 heterocycles. The molecule has 9 heteroatoms. The Morgan fingerprint density at radius 2 is 1.90 bits per heavy atom. The second kappa shape index (κ2) is 10.7. The summed E-state index contributed by atoms with van der Waals surface area (Å²) in [5.74, 6) is -0.751. The van der Waals surface area contributed by atoms with Gasteiger partial charge in [-0.3, -0.25) is 14.4 Å². The van der Waals surface area contributed by atoms with Crippen LogP contribution in [0.15, 0.2) is 54.7 Å². The summed E-state index contributed by atoms with van der Waals surface area (Å²) in [4.78, 5) is 41.0. The van der Waals surface area contributed by atoms with Gasteiger partial charge in [0.1, 0.15) is 10.8 Å². The number of hydrogen-bond acceptors (Lipinski definition) is 7. The molecule has 0 atom stereocenters. The standard InChI is InChI=1S/C22H20N2O5S2/c1-2-16-10-17(22(31-16)24-18(25)12-30-13-20(26)27)21(28)14-8-9-19(23-11-14)29-15-6-4-3-5-7-15/h3-11H,2,12-13H2,1H3,(H,24,25)(H,26,27). The highest BCUT2D eigenvalue weighted by Crippen LogP contribution is 2.31. The number of benzene rings is 1. The van der Waals surface area contributed by atoms with Crippen LogP contribution in [0.2, 0.25) is 0 Å². The minimum Gasteiger partial charge on any atom is -0.481 e. The van der Waals surface area contributed by atoms with E-state index in [1.807, 2.05) is 37.3 Å². The number of pyridine rings is 1. The molecule has 3 rings (SSSR count). The molecule has 2 N–H and O–H groups in total. The van der Waals surface area contributed by atoms with Gasteiger partial charge in [-0.2, -0.15) is 0 Å². The number of nitrogens with zero attached hydrogens (tertiary/aromatic N) is 1. The van der Waals surface area contributed by atoms with Crippen LogP contribution >= 0.6 is 23.1 Å². The number of aromatic nitrogens is 1. The van der Waals surface area contributed by atoms with Crippen molar-refractivity contribution >= 4 is 45.8 Å². The molecule has 0 aliphatic carbocycles. The lowest BCUT2D eigenvalue weighted by molar-refractivity contribution is -0.133. The molecule has 160 valence electrons. The van der Waals surface area contributed by atoms with E-state index in [9.17, 15) is 14.4 Å². The van der Waals surface area contributed by atoms with Gasteiger partial charge < -0.3 is 15.2 Å². The highest BCUT2D eigenvalue weighted by atomic mass is 32.2. The largest absolute Gasteiger partial charge is 0.481 e. The van der Waals surface area contributed by atoms with Crippen LogP contribution in [0.4, 0.5) is 5.00 Å². The van der Waals surface area contributed by atoms with Crippen molar-refractivity contribution < 1.29 is 24.2 Å². The monoisotopic (exact) mass is 456 g/mol. The number of anilines is 1. The first-order valence-corrected chi connectivity index (χ1v) is 11.4. The number of amides is 1. The number of carbonyl (C=O) groups is 3. The zero-order valence-electron chi connectivity index (χ0n) is 16.7. The fourth-order valence-corrected chi connectivity index (χ4v) is 4.16. The van der Waals surface area contributed by atoms with Crippen LogP contribution in [0, 0.1) is 0 Å². The van der Waals surface area contributed by atoms with Gasteiger partial charge >= 0.3 is 5.97 Å². The number of rotatable bonds is 10. The molecule has 0 aliphatic rings. The van der Waals surface area contributed by atoms with Crippen LogP contribution in [0.3, 0.4) is 0 Å². The topological polar surface area (TPSA) is 106 Å². The average molecular weight is 457 g/mol. The molecular weight excluding hydrogens is 436 g/mol. The SMILES string of the molecule is CCc1cc(C(=O)c2ccc(Oc3ccccc3)nc2)c(NC(=O)CSCC(=O)O)s1. The van der Waals surface area contributed by atoms with Crippen molar-refractivity contribution in [3.63, 3.8) is 0 Å². The molecule has 1 aromatic carbocycles. The first-order valence-electron chi connectivity index (χ1n) is 9.42. The summed E-state index contributed by atoms with van der Waals surface area (Å²) in [6.45, 7) is 1.96. The van der Waals surface area contributed by atoms with Gasteiger partial charge in [0, 0.05) is 22.7 Å². The van der Waals surface area contributed by atoms with Gasteiger partial charge in [0.05, 0.1) is 17.1 Å². The molecule has 0 unspecified atom stereocenters. The molecule has 0 radical (unpaired) electrons. The summed E-state index contributed by atoms with van der Waals surface area (Å²) in [7, 11) is 0. The van der Waals surface area contributed by atoms with Crippen molar-refractivity contribution in [2.45, 2.75) is 13.3 Å².